The van der Waals surface area contributed by atoms with E-state index in [9.17, 15) is 9.59 Å². The summed E-state index contributed by atoms with van der Waals surface area (Å²) >= 11 is 0. The van der Waals surface area contributed by atoms with Crippen LogP contribution in [-0.4, -0.2) is 53.9 Å². The van der Waals surface area contributed by atoms with Crippen LogP contribution in [-0.2, 0) is 4.79 Å². The molecule has 0 bridgehead atoms. The Morgan fingerprint density at radius 2 is 1.76 bits per heavy atom. The summed E-state index contributed by atoms with van der Waals surface area (Å²) in [4.78, 5) is 30.0. The number of nitrogens with zero attached hydrogens (tertiary/aromatic N) is 2. The number of ether oxygens (including phenoxy) is 1. The molecule has 0 spiro atoms. The van der Waals surface area contributed by atoms with Crippen LogP contribution in [0.1, 0.15) is 29.6 Å². The second-order valence-electron chi connectivity index (χ2n) is 8.75. The van der Waals surface area contributed by atoms with Crippen molar-refractivity contribution >= 4 is 11.8 Å². The van der Waals surface area contributed by atoms with E-state index in [4.69, 9.17) is 9.15 Å². The highest BCUT2D eigenvalue weighted by molar-refractivity contribution is 5.95. The van der Waals surface area contributed by atoms with Crippen molar-refractivity contribution < 1.29 is 18.7 Å². The molecular formula is C27H28N2O4. The summed E-state index contributed by atoms with van der Waals surface area (Å²) in [5.41, 5.74) is 1.65. The van der Waals surface area contributed by atoms with Gasteiger partial charge < -0.3 is 19.0 Å². The van der Waals surface area contributed by atoms with Gasteiger partial charge in [-0.05, 0) is 61.6 Å². The Morgan fingerprint density at radius 3 is 2.52 bits per heavy atom. The van der Waals surface area contributed by atoms with Crippen LogP contribution in [0.2, 0.25) is 0 Å². The number of carbonyl (C=O) groups is 2. The predicted molar refractivity (Wildman–Crippen MR) is 125 cm³/mol. The predicted octanol–water partition coefficient (Wildman–Crippen LogP) is 4.48. The van der Waals surface area contributed by atoms with Crippen LogP contribution >= 0.6 is 0 Å². The highest BCUT2D eigenvalue weighted by Crippen LogP contribution is 2.32. The van der Waals surface area contributed by atoms with Crippen molar-refractivity contribution in [1.82, 2.24) is 9.80 Å². The number of piperidine rings is 2. The molecule has 6 heteroatoms. The molecule has 3 aromatic rings. The molecule has 2 aliphatic rings. The van der Waals surface area contributed by atoms with Gasteiger partial charge in [0.15, 0.2) is 6.61 Å². The van der Waals surface area contributed by atoms with Crippen molar-refractivity contribution in [3.8, 4) is 17.1 Å². The van der Waals surface area contributed by atoms with E-state index < -0.39 is 0 Å². The number of benzene rings is 2. The third-order valence-corrected chi connectivity index (χ3v) is 6.72. The molecule has 3 heterocycles. The summed E-state index contributed by atoms with van der Waals surface area (Å²) in [5, 5.41) is 0. The maximum absolute atomic E-state index is 13.3. The van der Waals surface area contributed by atoms with Gasteiger partial charge in [0.1, 0.15) is 11.5 Å². The van der Waals surface area contributed by atoms with Crippen LogP contribution in [0.15, 0.2) is 77.4 Å². The zero-order chi connectivity index (χ0) is 22.6. The van der Waals surface area contributed by atoms with Gasteiger partial charge in [-0.1, -0.05) is 30.3 Å². The van der Waals surface area contributed by atoms with E-state index >= 15 is 0 Å². The van der Waals surface area contributed by atoms with Gasteiger partial charge >= 0.3 is 0 Å². The fourth-order valence-corrected chi connectivity index (χ4v) is 5.02. The van der Waals surface area contributed by atoms with Crippen LogP contribution in [0.3, 0.4) is 0 Å². The Balaban J connectivity index is 1.20. The van der Waals surface area contributed by atoms with Crippen molar-refractivity contribution in [2.45, 2.75) is 25.3 Å². The molecule has 2 amide bonds. The second kappa shape index (κ2) is 9.53. The van der Waals surface area contributed by atoms with E-state index in [1.807, 2.05) is 76.5 Å². The minimum Gasteiger partial charge on any atom is -0.484 e. The summed E-state index contributed by atoms with van der Waals surface area (Å²) in [7, 11) is 0. The van der Waals surface area contributed by atoms with Crippen molar-refractivity contribution in [3.63, 3.8) is 0 Å². The highest BCUT2D eigenvalue weighted by atomic mass is 16.5. The summed E-state index contributed by atoms with van der Waals surface area (Å²) in [5.74, 6) is 1.88. The van der Waals surface area contributed by atoms with Crippen LogP contribution in [0.4, 0.5) is 0 Å². The van der Waals surface area contributed by atoms with Gasteiger partial charge in [0.05, 0.1) is 6.26 Å². The third-order valence-electron chi connectivity index (χ3n) is 6.72. The van der Waals surface area contributed by atoms with Gasteiger partial charge in [-0.15, -0.1) is 0 Å². The van der Waals surface area contributed by atoms with E-state index in [1.165, 1.54) is 0 Å². The molecule has 0 aliphatic carbocycles. The maximum atomic E-state index is 13.3. The molecular weight excluding hydrogens is 416 g/mol. The lowest BCUT2D eigenvalue weighted by molar-refractivity contribution is -0.136. The Labute approximate surface area is 193 Å². The largest absolute Gasteiger partial charge is 0.484 e. The molecule has 170 valence electrons. The maximum Gasteiger partial charge on any atom is 0.260 e. The molecule has 2 saturated heterocycles. The van der Waals surface area contributed by atoms with Gasteiger partial charge in [-0.3, -0.25) is 9.59 Å². The number of furan rings is 1. The monoisotopic (exact) mass is 444 g/mol. The Morgan fingerprint density at radius 1 is 0.939 bits per heavy atom. The van der Waals surface area contributed by atoms with Crippen molar-refractivity contribution in [2.75, 3.05) is 26.2 Å². The Bertz CT molecular complexity index is 1080. The number of hydrogen-bond donors (Lipinski definition) is 0. The van der Waals surface area contributed by atoms with E-state index in [2.05, 4.69) is 0 Å². The minimum atomic E-state index is 0.00858. The van der Waals surface area contributed by atoms with Crippen LogP contribution < -0.4 is 4.74 Å². The summed E-state index contributed by atoms with van der Waals surface area (Å²) in [6, 6.07) is 21.0. The van der Waals surface area contributed by atoms with Crippen LogP contribution in [0.5, 0.6) is 5.75 Å². The molecule has 6 nitrogen and oxygen atoms in total. The number of para-hydroxylation sites is 1. The van der Waals surface area contributed by atoms with E-state index in [1.54, 1.807) is 6.26 Å². The molecule has 0 radical (unpaired) electrons. The topological polar surface area (TPSA) is 63.0 Å². The normalized spacial score (nSPS) is 20.2. The SMILES string of the molecule is O=C(COc1ccccc1)N1CC[C@H]2[C@H](CCCN2C(=O)c2ccc(-c3ccco3)cc2)C1. The molecule has 0 saturated carbocycles. The van der Waals surface area contributed by atoms with E-state index in [0.29, 0.717) is 30.3 Å². The van der Waals surface area contributed by atoms with Gasteiger partial charge in [0, 0.05) is 36.8 Å². The number of amides is 2. The molecule has 0 unspecified atom stereocenters. The molecule has 2 atom stereocenters. The lowest BCUT2D eigenvalue weighted by atomic mass is 9.83. The average molecular weight is 445 g/mol. The number of likely N-dealkylation sites (tertiary alicyclic amines) is 2. The zero-order valence-corrected chi connectivity index (χ0v) is 18.6. The molecule has 33 heavy (non-hydrogen) atoms. The smallest absolute Gasteiger partial charge is 0.260 e. The standard InChI is InChI=1S/C27H28N2O4/c30-26(19-33-23-7-2-1-3-8-23)28-16-14-24-22(18-28)6-4-15-29(24)27(31)21-12-10-20(11-13-21)25-9-5-17-32-25/h1-3,5,7-13,17,22,24H,4,6,14-16,18-19H2/t22-,24+/m1/s1. The first kappa shape index (κ1) is 21.3. The number of carbonyl (C=O) groups excluding carboxylic acids is 2. The van der Waals surface area contributed by atoms with Crippen LogP contribution in [0.25, 0.3) is 11.3 Å². The zero-order valence-electron chi connectivity index (χ0n) is 18.6. The Kier molecular flexibility index (Phi) is 6.15. The van der Waals surface area contributed by atoms with Gasteiger partial charge in [-0.25, -0.2) is 0 Å². The molecule has 2 aliphatic heterocycles. The lowest BCUT2D eigenvalue weighted by Crippen LogP contribution is -2.57. The number of hydrogen-bond acceptors (Lipinski definition) is 4. The van der Waals surface area contributed by atoms with Crippen molar-refractivity contribution in [1.29, 1.82) is 0 Å². The van der Waals surface area contributed by atoms with Gasteiger partial charge in [0.25, 0.3) is 11.8 Å². The molecule has 2 aromatic carbocycles. The summed E-state index contributed by atoms with van der Waals surface area (Å²) in [6.07, 6.45) is 4.44. The first-order chi connectivity index (χ1) is 16.2. The average Bonchev–Trinajstić information content (AvgIpc) is 3.42. The number of rotatable bonds is 5. The molecule has 2 fully saturated rings. The fourth-order valence-electron chi connectivity index (χ4n) is 5.02. The quantitative estimate of drug-likeness (QED) is 0.582. The van der Waals surface area contributed by atoms with Gasteiger partial charge in [0.2, 0.25) is 0 Å². The third kappa shape index (κ3) is 4.65. The van der Waals surface area contributed by atoms with E-state index in [-0.39, 0.29) is 24.5 Å². The molecule has 1 aromatic heterocycles. The minimum absolute atomic E-state index is 0.00858. The molecule has 0 N–H and O–H groups in total. The molecule has 5 rings (SSSR count). The second-order valence-corrected chi connectivity index (χ2v) is 8.75. The van der Waals surface area contributed by atoms with Crippen molar-refractivity contribution in [2.24, 2.45) is 5.92 Å². The first-order valence-corrected chi connectivity index (χ1v) is 11.6. The highest BCUT2D eigenvalue weighted by Gasteiger charge is 2.39. The summed E-state index contributed by atoms with van der Waals surface area (Å²) in [6.45, 7) is 2.15. The van der Waals surface area contributed by atoms with Crippen LogP contribution in [0, 0.1) is 5.92 Å². The van der Waals surface area contributed by atoms with Crippen molar-refractivity contribution in [3.05, 3.63) is 78.6 Å². The lowest BCUT2D eigenvalue weighted by Gasteiger charge is -2.47. The fraction of sp³-hybridized carbons (Fsp3) is 0.333. The Hall–Kier alpha value is -3.54. The summed E-state index contributed by atoms with van der Waals surface area (Å²) < 4.78 is 11.1. The van der Waals surface area contributed by atoms with Gasteiger partial charge in [-0.2, -0.15) is 0 Å². The number of fused-ring (bicyclic) bond motifs is 1. The first-order valence-electron chi connectivity index (χ1n) is 11.6. The van der Waals surface area contributed by atoms with E-state index in [0.717, 1.165) is 37.1 Å².